The fourth-order valence-corrected chi connectivity index (χ4v) is 3.00. The summed E-state index contributed by atoms with van der Waals surface area (Å²) < 4.78 is 0. The van der Waals surface area contributed by atoms with Gasteiger partial charge in [-0.25, -0.2) is 14.4 Å². The van der Waals surface area contributed by atoms with Gasteiger partial charge in [0.1, 0.15) is 0 Å². The minimum absolute atomic E-state index is 0.199. The van der Waals surface area contributed by atoms with Crippen LogP contribution in [-0.2, 0) is 11.2 Å². The maximum Gasteiger partial charge on any atom is 0.354 e. The van der Waals surface area contributed by atoms with Crippen LogP contribution in [-0.4, -0.2) is 61.3 Å². The Hall–Kier alpha value is -3.40. The number of aliphatic carboxylic acids is 1. The standard InChI is InChI=1S/C16H13ClN4O6/c17-9-4-2-1-3-7(9)5-10-12(15(25)26)21(10)16(27)19-13(22)8-6-18-20-11(8)14(23)24/h1-4,6,10,12H,5H2,(H,18,20)(H,23,24)(H,25,26)(H,19,22,27)/t10-,12-,21?/m1/s1. The molecule has 3 amide bonds. The first-order valence-electron chi connectivity index (χ1n) is 7.67. The number of amides is 3. The summed E-state index contributed by atoms with van der Waals surface area (Å²) in [5, 5.41) is 26.3. The third-order valence-corrected chi connectivity index (χ3v) is 4.49. The lowest BCUT2D eigenvalue weighted by molar-refractivity contribution is -0.137. The van der Waals surface area contributed by atoms with Gasteiger partial charge >= 0.3 is 18.0 Å². The van der Waals surface area contributed by atoms with Crippen LogP contribution in [0.15, 0.2) is 30.5 Å². The quantitative estimate of drug-likeness (QED) is 0.553. The number of halogens is 1. The Morgan fingerprint density at radius 2 is 1.93 bits per heavy atom. The van der Waals surface area contributed by atoms with Gasteiger partial charge in [-0.3, -0.25) is 15.2 Å². The van der Waals surface area contributed by atoms with E-state index in [9.17, 15) is 24.3 Å². The van der Waals surface area contributed by atoms with Gasteiger partial charge in [-0.15, -0.1) is 0 Å². The highest BCUT2D eigenvalue weighted by Crippen LogP contribution is 2.33. The molecule has 0 unspecified atom stereocenters. The smallest absolute Gasteiger partial charge is 0.354 e. The van der Waals surface area contributed by atoms with E-state index in [4.69, 9.17) is 16.7 Å². The van der Waals surface area contributed by atoms with Crippen LogP contribution in [0.3, 0.4) is 0 Å². The SMILES string of the molecule is O=C(NC(=O)N1[C@H](Cc2ccccc2Cl)[C@@H]1C(=O)O)c1cn[nH]c1C(=O)O. The number of H-pyrrole nitrogens is 1. The fraction of sp³-hybridized carbons (Fsp3) is 0.188. The van der Waals surface area contributed by atoms with E-state index in [2.05, 4.69) is 10.2 Å². The molecule has 0 bridgehead atoms. The Kier molecular flexibility index (Phi) is 4.82. The van der Waals surface area contributed by atoms with Crippen LogP contribution in [0, 0.1) is 0 Å². The topological polar surface area (TPSA) is 152 Å². The number of carboxylic acids is 2. The predicted molar refractivity (Wildman–Crippen MR) is 90.6 cm³/mol. The molecule has 2 heterocycles. The molecular formula is C16H13ClN4O6. The van der Waals surface area contributed by atoms with Gasteiger partial charge in [0.15, 0.2) is 11.7 Å². The van der Waals surface area contributed by atoms with E-state index in [1.165, 1.54) is 0 Å². The lowest BCUT2D eigenvalue weighted by Gasteiger charge is -2.07. The summed E-state index contributed by atoms with van der Waals surface area (Å²) in [6.07, 6.45) is 1.16. The number of carbonyl (C=O) groups is 4. The highest BCUT2D eigenvalue weighted by Gasteiger charge is 2.56. The van der Waals surface area contributed by atoms with Crippen LogP contribution < -0.4 is 5.32 Å². The molecule has 2 aromatic rings. The molecule has 3 rings (SSSR count). The largest absolute Gasteiger partial charge is 0.480 e. The van der Waals surface area contributed by atoms with E-state index >= 15 is 0 Å². The zero-order valence-corrected chi connectivity index (χ0v) is 14.3. The van der Waals surface area contributed by atoms with Gasteiger partial charge in [-0.05, 0) is 18.1 Å². The van der Waals surface area contributed by atoms with Gasteiger partial charge in [0.05, 0.1) is 17.8 Å². The summed E-state index contributed by atoms with van der Waals surface area (Å²) in [7, 11) is 0. The normalized spacial score (nSPS) is 18.0. The summed E-state index contributed by atoms with van der Waals surface area (Å²) in [6.45, 7) is 0. The molecule has 0 radical (unpaired) electrons. The first-order chi connectivity index (χ1) is 12.8. The maximum absolute atomic E-state index is 12.3. The average Bonchev–Trinajstić information content (AvgIpc) is 3.10. The minimum Gasteiger partial charge on any atom is -0.480 e. The van der Waals surface area contributed by atoms with Crippen molar-refractivity contribution in [3.8, 4) is 0 Å². The zero-order chi connectivity index (χ0) is 19.7. The molecule has 2 atom stereocenters. The molecule has 11 heteroatoms. The van der Waals surface area contributed by atoms with Crippen LogP contribution in [0.25, 0.3) is 0 Å². The van der Waals surface area contributed by atoms with Crippen molar-refractivity contribution in [1.29, 1.82) is 0 Å². The van der Waals surface area contributed by atoms with Gasteiger partial charge in [0.2, 0.25) is 0 Å². The van der Waals surface area contributed by atoms with Crippen molar-refractivity contribution in [3.05, 3.63) is 52.3 Å². The number of aromatic amines is 1. The Morgan fingerprint density at radius 1 is 1.22 bits per heavy atom. The van der Waals surface area contributed by atoms with E-state index in [1.54, 1.807) is 24.3 Å². The number of carbonyl (C=O) groups excluding carboxylic acids is 2. The molecule has 140 valence electrons. The summed E-state index contributed by atoms with van der Waals surface area (Å²) in [5.74, 6) is -3.64. The molecule has 1 aliphatic rings. The van der Waals surface area contributed by atoms with E-state index in [0.29, 0.717) is 10.6 Å². The van der Waals surface area contributed by atoms with Crippen LogP contribution >= 0.6 is 11.6 Å². The van der Waals surface area contributed by atoms with Gasteiger partial charge in [-0.1, -0.05) is 29.8 Å². The Morgan fingerprint density at radius 3 is 2.56 bits per heavy atom. The van der Waals surface area contributed by atoms with Crippen LogP contribution in [0.4, 0.5) is 4.79 Å². The number of nitrogens with zero attached hydrogens (tertiary/aromatic N) is 2. The van der Waals surface area contributed by atoms with Crippen LogP contribution in [0.1, 0.15) is 26.4 Å². The van der Waals surface area contributed by atoms with Crippen LogP contribution in [0.2, 0.25) is 5.02 Å². The van der Waals surface area contributed by atoms with Crippen molar-refractivity contribution in [1.82, 2.24) is 20.4 Å². The minimum atomic E-state index is -1.42. The molecule has 0 spiro atoms. The molecule has 1 aromatic heterocycles. The second-order valence-corrected chi connectivity index (χ2v) is 6.18. The lowest BCUT2D eigenvalue weighted by atomic mass is 10.1. The molecule has 0 aliphatic carbocycles. The van der Waals surface area contributed by atoms with E-state index < -0.39 is 41.7 Å². The van der Waals surface area contributed by atoms with Crippen molar-refractivity contribution >= 4 is 35.5 Å². The van der Waals surface area contributed by atoms with Gasteiger partial charge in [0, 0.05) is 5.02 Å². The number of rotatable bonds is 5. The Labute approximate surface area is 156 Å². The molecule has 1 fully saturated rings. The number of carboxylic acid groups (broad SMARTS) is 2. The predicted octanol–water partition coefficient (Wildman–Crippen LogP) is 0.991. The summed E-state index contributed by atoms with van der Waals surface area (Å²) in [4.78, 5) is 47.8. The van der Waals surface area contributed by atoms with Gasteiger partial charge in [0.25, 0.3) is 5.91 Å². The fourth-order valence-electron chi connectivity index (χ4n) is 2.79. The number of benzene rings is 1. The Bertz CT molecular complexity index is 942. The number of hydrogen-bond acceptors (Lipinski definition) is 5. The average molecular weight is 393 g/mol. The molecule has 4 N–H and O–H groups in total. The number of aromatic nitrogens is 2. The molecular weight excluding hydrogens is 380 g/mol. The number of imide groups is 1. The van der Waals surface area contributed by atoms with Crippen molar-refractivity contribution in [2.24, 2.45) is 0 Å². The number of hydrogen-bond donors (Lipinski definition) is 4. The first kappa shape index (κ1) is 18.4. The monoisotopic (exact) mass is 392 g/mol. The molecule has 1 saturated heterocycles. The van der Waals surface area contributed by atoms with Gasteiger partial charge < -0.3 is 15.1 Å². The number of nitrogens with one attached hydrogen (secondary N) is 2. The second-order valence-electron chi connectivity index (χ2n) is 5.78. The van der Waals surface area contributed by atoms with E-state index in [-0.39, 0.29) is 12.0 Å². The highest BCUT2D eigenvalue weighted by atomic mass is 35.5. The summed E-state index contributed by atoms with van der Waals surface area (Å²) in [5.41, 5.74) is -0.152. The maximum atomic E-state index is 12.3. The third-order valence-electron chi connectivity index (χ3n) is 4.12. The number of urea groups is 1. The third kappa shape index (κ3) is 3.60. The summed E-state index contributed by atoms with van der Waals surface area (Å²) >= 11 is 6.06. The van der Waals surface area contributed by atoms with Crippen molar-refractivity contribution in [2.45, 2.75) is 18.5 Å². The summed E-state index contributed by atoms with van der Waals surface area (Å²) in [6, 6.07) is 4.08. The molecule has 0 saturated carbocycles. The molecule has 1 aromatic carbocycles. The Balaban J connectivity index is 1.72. The molecule has 10 nitrogen and oxygen atoms in total. The molecule has 1 aliphatic heterocycles. The van der Waals surface area contributed by atoms with Crippen LogP contribution in [0.5, 0.6) is 0 Å². The van der Waals surface area contributed by atoms with Gasteiger partial charge in [-0.2, -0.15) is 5.10 Å². The van der Waals surface area contributed by atoms with E-state index in [0.717, 1.165) is 11.1 Å². The lowest BCUT2D eigenvalue weighted by Crippen LogP contribution is -2.36. The first-order valence-corrected chi connectivity index (χ1v) is 8.05. The van der Waals surface area contributed by atoms with Crippen molar-refractivity contribution < 1.29 is 29.4 Å². The van der Waals surface area contributed by atoms with Crippen molar-refractivity contribution in [2.75, 3.05) is 0 Å². The zero-order valence-electron chi connectivity index (χ0n) is 13.5. The number of aromatic carboxylic acids is 1. The van der Waals surface area contributed by atoms with Crippen molar-refractivity contribution in [3.63, 3.8) is 0 Å². The highest BCUT2D eigenvalue weighted by molar-refractivity contribution is 6.31. The molecule has 27 heavy (non-hydrogen) atoms. The second kappa shape index (κ2) is 7.08. The van der Waals surface area contributed by atoms with E-state index in [1.807, 2.05) is 5.32 Å².